The third-order valence-corrected chi connectivity index (χ3v) is 6.35. The van der Waals surface area contributed by atoms with Gasteiger partial charge in [0.2, 0.25) is 15.9 Å². The summed E-state index contributed by atoms with van der Waals surface area (Å²) in [5, 5.41) is 5.32. The maximum Gasteiger partial charge on any atom is 0.243 e. The zero-order valence-electron chi connectivity index (χ0n) is 17.6. The highest BCUT2D eigenvalue weighted by Crippen LogP contribution is 2.28. The van der Waals surface area contributed by atoms with Gasteiger partial charge in [-0.05, 0) is 54.4 Å². The van der Waals surface area contributed by atoms with E-state index >= 15 is 0 Å². The van der Waals surface area contributed by atoms with Gasteiger partial charge in [0.05, 0.1) is 18.5 Å². The van der Waals surface area contributed by atoms with Crippen molar-refractivity contribution in [3.8, 4) is 5.75 Å². The average molecular weight is 461 g/mol. The van der Waals surface area contributed by atoms with Crippen LogP contribution in [0.25, 0.3) is 10.8 Å². The number of halogens is 1. The van der Waals surface area contributed by atoms with Crippen molar-refractivity contribution in [3.63, 3.8) is 0 Å². The van der Waals surface area contributed by atoms with Gasteiger partial charge < -0.3 is 10.1 Å². The number of anilines is 1. The number of sulfonamides is 1. The quantitative estimate of drug-likeness (QED) is 0.512. The van der Waals surface area contributed by atoms with Gasteiger partial charge in [0.1, 0.15) is 18.4 Å². The lowest BCUT2D eigenvalue weighted by Crippen LogP contribution is -2.48. The van der Waals surface area contributed by atoms with Crippen molar-refractivity contribution < 1.29 is 17.9 Å². The Morgan fingerprint density at radius 1 is 1.10 bits per heavy atom. The van der Waals surface area contributed by atoms with Gasteiger partial charge in [-0.1, -0.05) is 48.0 Å². The number of carbonyl (C=O) groups is 1. The third kappa shape index (κ3) is 5.68. The molecule has 6 nitrogen and oxygen atoms in total. The van der Waals surface area contributed by atoms with Gasteiger partial charge in [0.15, 0.2) is 0 Å². The maximum atomic E-state index is 12.7. The van der Waals surface area contributed by atoms with Gasteiger partial charge in [-0.15, -0.1) is 0 Å². The molecule has 1 atom stereocenters. The summed E-state index contributed by atoms with van der Waals surface area (Å²) in [7, 11) is -3.71. The topological polar surface area (TPSA) is 75.7 Å². The first-order valence-corrected chi connectivity index (χ1v) is 12.0. The van der Waals surface area contributed by atoms with E-state index in [1.54, 1.807) is 32.0 Å². The standard InChI is InChI=1S/C23H25ClN2O4S/c1-16-8-10-20(24)15-22(16)26(31(3,28)29)17(2)23(27)25-12-13-30-21-11-9-18-6-4-5-7-19(18)14-21/h4-11,14-15,17H,12-13H2,1-3H3,(H,25,27)/t17-/m1/s1. The van der Waals surface area contributed by atoms with Crippen LogP contribution < -0.4 is 14.4 Å². The Balaban J connectivity index is 1.63. The number of benzene rings is 3. The van der Waals surface area contributed by atoms with Crippen LogP contribution in [0.3, 0.4) is 0 Å². The highest BCUT2D eigenvalue weighted by molar-refractivity contribution is 7.92. The molecule has 0 heterocycles. The van der Waals surface area contributed by atoms with Crippen LogP contribution in [0.1, 0.15) is 12.5 Å². The Labute approximate surface area is 187 Å². The molecule has 1 N–H and O–H groups in total. The molecule has 8 heteroatoms. The van der Waals surface area contributed by atoms with Crippen molar-refractivity contribution in [3.05, 3.63) is 71.2 Å². The molecule has 0 fully saturated rings. The molecule has 0 aromatic heterocycles. The summed E-state index contributed by atoms with van der Waals surface area (Å²) < 4.78 is 31.7. The third-order valence-electron chi connectivity index (χ3n) is 4.89. The Hall–Kier alpha value is -2.77. The summed E-state index contributed by atoms with van der Waals surface area (Å²) in [4.78, 5) is 12.7. The molecule has 0 aliphatic heterocycles. The summed E-state index contributed by atoms with van der Waals surface area (Å²) in [5.41, 5.74) is 1.08. The molecule has 0 aliphatic carbocycles. The van der Waals surface area contributed by atoms with Gasteiger partial charge in [-0.25, -0.2) is 8.42 Å². The molecule has 0 spiro atoms. The summed E-state index contributed by atoms with van der Waals surface area (Å²) in [5.74, 6) is 0.278. The van der Waals surface area contributed by atoms with Crippen molar-refractivity contribution in [2.24, 2.45) is 0 Å². The SMILES string of the molecule is Cc1ccc(Cl)cc1N([C@H](C)C(=O)NCCOc1ccc2ccccc2c1)S(C)(=O)=O. The fraction of sp³-hybridized carbons (Fsp3) is 0.261. The first kappa shape index (κ1) is 22.9. The minimum absolute atomic E-state index is 0.238. The van der Waals surface area contributed by atoms with Crippen LogP contribution in [0.4, 0.5) is 5.69 Å². The molecule has 0 bridgehead atoms. The second-order valence-electron chi connectivity index (χ2n) is 7.31. The number of rotatable bonds is 8. The van der Waals surface area contributed by atoms with Crippen LogP contribution in [-0.4, -0.2) is 39.8 Å². The zero-order valence-corrected chi connectivity index (χ0v) is 19.2. The lowest BCUT2D eigenvalue weighted by molar-refractivity contribution is -0.121. The van der Waals surface area contributed by atoms with Gasteiger partial charge in [0.25, 0.3) is 0 Å². The van der Waals surface area contributed by atoms with Crippen molar-refractivity contribution >= 4 is 44.0 Å². The molecule has 0 unspecified atom stereocenters. The molecule has 0 saturated carbocycles. The summed E-state index contributed by atoms with van der Waals surface area (Å²) in [6.07, 6.45) is 1.07. The second kappa shape index (κ2) is 9.58. The highest BCUT2D eigenvalue weighted by atomic mass is 35.5. The Morgan fingerprint density at radius 2 is 1.81 bits per heavy atom. The predicted molar refractivity (Wildman–Crippen MR) is 125 cm³/mol. The molecule has 3 aromatic carbocycles. The lowest BCUT2D eigenvalue weighted by atomic mass is 10.1. The molecule has 31 heavy (non-hydrogen) atoms. The largest absolute Gasteiger partial charge is 0.492 e. The summed E-state index contributed by atoms with van der Waals surface area (Å²) in [6, 6.07) is 17.7. The monoisotopic (exact) mass is 460 g/mol. The Bertz CT molecular complexity index is 1200. The number of amides is 1. The van der Waals surface area contributed by atoms with Crippen LogP contribution in [-0.2, 0) is 14.8 Å². The molecule has 3 aromatic rings. The van der Waals surface area contributed by atoms with Crippen molar-refractivity contribution in [2.45, 2.75) is 19.9 Å². The summed E-state index contributed by atoms with van der Waals surface area (Å²) in [6.45, 7) is 3.81. The van der Waals surface area contributed by atoms with Crippen molar-refractivity contribution in [1.82, 2.24) is 5.32 Å². The number of carbonyl (C=O) groups excluding carboxylic acids is 1. The van der Waals surface area contributed by atoms with E-state index in [-0.39, 0.29) is 13.2 Å². The minimum atomic E-state index is -3.71. The van der Waals surface area contributed by atoms with E-state index in [2.05, 4.69) is 5.32 Å². The first-order chi connectivity index (χ1) is 14.7. The van der Waals surface area contributed by atoms with Crippen molar-refractivity contribution in [1.29, 1.82) is 0 Å². The van der Waals surface area contributed by atoms with Gasteiger partial charge in [-0.3, -0.25) is 9.10 Å². The number of nitrogens with one attached hydrogen (secondary N) is 1. The molecule has 0 aliphatic rings. The minimum Gasteiger partial charge on any atom is -0.492 e. The maximum absolute atomic E-state index is 12.7. The van der Waals surface area contributed by atoms with Crippen LogP contribution in [0, 0.1) is 6.92 Å². The smallest absolute Gasteiger partial charge is 0.243 e. The Morgan fingerprint density at radius 3 is 2.52 bits per heavy atom. The second-order valence-corrected chi connectivity index (χ2v) is 9.61. The van der Waals surface area contributed by atoms with Crippen LogP contribution >= 0.6 is 11.6 Å². The van der Waals surface area contributed by atoms with E-state index in [0.717, 1.165) is 21.3 Å². The number of nitrogens with zero attached hydrogens (tertiary/aromatic N) is 1. The van der Waals surface area contributed by atoms with Gasteiger partial charge in [-0.2, -0.15) is 0 Å². The average Bonchev–Trinajstić information content (AvgIpc) is 2.72. The van der Waals surface area contributed by atoms with Gasteiger partial charge in [0, 0.05) is 5.02 Å². The van der Waals surface area contributed by atoms with Crippen LogP contribution in [0.5, 0.6) is 5.75 Å². The molecular formula is C23H25ClN2O4S. The molecular weight excluding hydrogens is 436 g/mol. The van der Waals surface area contributed by atoms with E-state index in [1.165, 1.54) is 0 Å². The molecule has 3 rings (SSSR count). The molecule has 164 valence electrons. The van der Waals surface area contributed by atoms with E-state index in [4.69, 9.17) is 16.3 Å². The predicted octanol–water partition coefficient (Wildman–Crippen LogP) is 4.15. The Kier molecular flexibility index (Phi) is 7.08. The molecule has 0 radical (unpaired) electrons. The lowest BCUT2D eigenvalue weighted by Gasteiger charge is -2.29. The number of aryl methyl sites for hydroxylation is 1. The number of ether oxygens (including phenoxy) is 1. The van der Waals surface area contributed by atoms with E-state index < -0.39 is 22.0 Å². The number of hydrogen-bond donors (Lipinski definition) is 1. The molecule has 0 saturated heterocycles. The fourth-order valence-electron chi connectivity index (χ4n) is 3.35. The number of hydrogen-bond acceptors (Lipinski definition) is 4. The van der Waals surface area contributed by atoms with Crippen LogP contribution in [0.2, 0.25) is 5.02 Å². The fourth-order valence-corrected chi connectivity index (χ4v) is 4.74. The van der Waals surface area contributed by atoms with Crippen LogP contribution in [0.15, 0.2) is 60.7 Å². The highest BCUT2D eigenvalue weighted by Gasteiger charge is 2.30. The molecule has 1 amide bonds. The van der Waals surface area contributed by atoms with E-state index in [1.807, 2.05) is 42.5 Å². The first-order valence-electron chi connectivity index (χ1n) is 9.81. The number of fused-ring (bicyclic) bond motifs is 1. The summed E-state index contributed by atoms with van der Waals surface area (Å²) >= 11 is 6.05. The van der Waals surface area contributed by atoms with E-state index in [9.17, 15) is 13.2 Å². The van der Waals surface area contributed by atoms with Crippen molar-refractivity contribution in [2.75, 3.05) is 23.7 Å². The van der Waals surface area contributed by atoms with Gasteiger partial charge >= 0.3 is 0 Å². The zero-order chi connectivity index (χ0) is 22.6. The van der Waals surface area contributed by atoms with E-state index in [0.29, 0.717) is 22.0 Å². The normalized spacial score (nSPS) is 12.4.